The molecule has 7 heteroatoms. The van der Waals surface area contributed by atoms with Crippen molar-refractivity contribution < 1.29 is 0 Å². The van der Waals surface area contributed by atoms with Gasteiger partial charge in [-0.2, -0.15) is 5.10 Å². The van der Waals surface area contributed by atoms with Gasteiger partial charge in [0.05, 0.1) is 35.1 Å². The Morgan fingerprint density at radius 3 is 2.00 bits per heavy atom. The summed E-state index contributed by atoms with van der Waals surface area (Å²) in [6, 6.07) is 20.7. The van der Waals surface area contributed by atoms with Crippen molar-refractivity contribution in [2.45, 2.75) is 6.54 Å². The maximum absolute atomic E-state index is 6.69. The number of nitrogens with zero attached hydrogens (tertiary/aromatic N) is 3. The van der Waals surface area contributed by atoms with E-state index in [-0.39, 0.29) is 10.9 Å². The highest BCUT2D eigenvalue weighted by Crippen LogP contribution is 2.28. The van der Waals surface area contributed by atoms with Crippen molar-refractivity contribution in [3.63, 3.8) is 0 Å². The lowest BCUT2D eigenvalue weighted by atomic mass is 10.0. The summed E-state index contributed by atoms with van der Waals surface area (Å²) in [5.41, 5.74) is 21.9. The summed E-state index contributed by atoms with van der Waals surface area (Å²) in [5, 5.41) is 4.42. The Labute approximate surface area is 175 Å². The van der Waals surface area contributed by atoms with Gasteiger partial charge in [-0.05, 0) is 17.2 Å². The first-order valence-electron chi connectivity index (χ1n) is 9.12. The van der Waals surface area contributed by atoms with Crippen molar-refractivity contribution in [3.05, 3.63) is 101 Å². The van der Waals surface area contributed by atoms with Gasteiger partial charge in [0.2, 0.25) is 0 Å². The molecular weight excluding hydrogens is 384 g/mol. The maximum atomic E-state index is 6.69. The van der Waals surface area contributed by atoms with E-state index in [2.05, 4.69) is 10.1 Å². The lowest BCUT2D eigenvalue weighted by Gasteiger charge is -2.14. The van der Waals surface area contributed by atoms with Crippen LogP contribution in [0.5, 0.6) is 0 Å². The van der Waals surface area contributed by atoms with Gasteiger partial charge in [0, 0.05) is 12.4 Å². The van der Waals surface area contributed by atoms with Crippen LogP contribution in [0.3, 0.4) is 0 Å². The molecule has 6 N–H and O–H groups in total. The number of rotatable bonds is 7. The minimum absolute atomic E-state index is 0.224. The zero-order valence-corrected chi connectivity index (χ0v) is 16.6. The van der Waals surface area contributed by atoms with Crippen LogP contribution < -0.4 is 17.2 Å². The Morgan fingerprint density at radius 2 is 1.45 bits per heavy atom. The summed E-state index contributed by atoms with van der Waals surface area (Å²) < 4.78 is 1.77. The quantitative estimate of drug-likeness (QED) is 0.318. The number of benzene rings is 2. The van der Waals surface area contributed by atoms with Gasteiger partial charge in [-0.3, -0.25) is 9.67 Å². The van der Waals surface area contributed by atoms with Crippen molar-refractivity contribution in [3.8, 4) is 0 Å². The third kappa shape index (κ3) is 5.06. The Hall–Kier alpha value is -3.51. The highest BCUT2D eigenvalue weighted by atomic mass is 35.5. The minimum Gasteiger partial charge on any atom is -0.398 e. The number of hydrogen-bond donors (Lipinski definition) is 3. The highest BCUT2D eigenvalue weighted by molar-refractivity contribution is 6.39. The smallest absolute Gasteiger partial charge is 0.129 e. The Kier molecular flexibility index (Phi) is 6.71. The first kappa shape index (κ1) is 20.2. The predicted molar refractivity (Wildman–Crippen MR) is 120 cm³/mol. The van der Waals surface area contributed by atoms with E-state index in [1.807, 2.05) is 72.9 Å². The summed E-state index contributed by atoms with van der Waals surface area (Å²) in [6.07, 6.45) is 3.58. The normalized spacial score (nSPS) is 13.6. The van der Waals surface area contributed by atoms with Crippen molar-refractivity contribution in [1.82, 2.24) is 9.78 Å². The van der Waals surface area contributed by atoms with Gasteiger partial charge in [-0.25, -0.2) is 0 Å². The number of aliphatic imine (C=N–C) groups is 1. The van der Waals surface area contributed by atoms with E-state index in [0.717, 1.165) is 11.1 Å². The van der Waals surface area contributed by atoms with Crippen molar-refractivity contribution in [2.24, 2.45) is 22.2 Å². The summed E-state index contributed by atoms with van der Waals surface area (Å²) in [5.74, 6) is 0.224. The molecule has 1 heterocycles. The SMILES string of the molecule is NC(=NCCn1cccn1)C(=C(N)c1ccccc1)/C(Cl)=C(\N)c1ccccc1. The molecule has 0 aliphatic rings. The fraction of sp³-hybridized carbons (Fsp3) is 0.0909. The van der Waals surface area contributed by atoms with Gasteiger partial charge in [0.25, 0.3) is 0 Å². The first-order valence-corrected chi connectivity index (χ1v) is 9.49. The topological polar surface area (TPSA) is 108 Å². The molecule has 6 nitrogen and oxygen atoms in total. The second-order valence-electron chi connectivity index (χ2n) is 6.28. The van der Waals surface area contributed by atoms with Gasteiger partial charge in [-0.1, -0.05) is 72.3 Å². The Bertz CT molecular complexity index is 1020. The zero-order chi connectivity index (χ0) is 20.6. The lowest BCUT2D eigenvalue weighted by molar-refractivity contribution is 0.626. The van der Waals surface area contributed by atoms with Crippen LogP contribution in [0.2, 0.25) is 0 Å². The maximum Gasteiger partial charge on any atom is 0.129 e. The first-order chi connectivity index (χ1) is 14.1. The number of aromatic nitrogens is 2. The van der Waals surface area contributed by atoms with Gasteiger partial charge in [-0.15, -0.1) is 0 Å². The molecule has 0 aliphatic carbocycles. The van der Waals surface area contributed by atoms with Crippen molar-refractivity contribution >= 4 is 28.8 Å². The van der Waals surface area contributed by atoms with Crippen LogP contribution in [0.25, 0.3) is 11.4 Å². The lowest BCUT2D eigenvalue weighted by Crippen LogP contribution is -2.22. The Balaban J connectivity index is 2.02. The van der Waals surface area contributed by atoms with Gasteiger partial charge < -0.3 is 17.2 Å². The fourth-order valence-corrected chi connectivity index (χ4v) is 3.10. The number of halogens is 1. The van der Waals surface area contributed by atoms with Crippen LogP contribution in [0.1, 0.15) is 11.1 Å². The Morgan fingerprint density at radius 1 is 0.862 bits per heavy atom. The molecule has 0 unspecified atom stereocenters. The number of amidine groups is 1. The zero-order valence-electron chi connectivity index (χ0n) is 15.9. The average Bonchev–Trinajstić information content (AvgIpc) is 3.28. The third-order valence-corrected chi connectivity index (χ3v) is 4.71. The van der Waals surface area contributed by atoms with Crippen molar-refractivity contribution in [2.75, 3.05) is 6.54 Å². The second kappa shape index (κ2) is 9.61. The molecular formula is C22H23ClN6. The fourth-order valence-electron chi connectivity index (χ4n) is 2.79. The number of hydrogen-bond acceptors (Lipinski definition) is 4. The average molecular weight is 407 g/mol. The highest BCUT2D eigenvalue weighted by Gasteiger charge is 2.18. The third-order valence-electron chi connectivity index (χ3n) is 4.32. The molecule has 0 atom stereocenters. The van der Waals surface area contributed by atoms with E-state index >= 15 is 0 Å². The summed E-state index contributed by atoms with van der Waals surface area (Å²) in [7, 11) is 0. The molecule has 29 heavy (non-hydrogen) atoms. The molecule has 148 valence electrons. The van der Waals surface area contributed by atoms with Gasteiger partial charge in [0.1, 0.15) is 5.84 Å². The second-order valence-corrected chi connectivity index (χ2v) is 6.66. The van der Waals surface area contributed by atoms with Crippen LogP contribution >= 0.6 is 11.6 Å². The van der Waals surface area contributed by atoms with Crippen LogP contribution in [-0.4, -0.2) is 22.2 Å². The molecule has 0 amide bonds. The van der Waals surface area contributed by atoms with E-state index in [0.29, 0.717) is 30.1 Å². The molecule has 1 aromatic heterocycles. The van der Waals surface area contributed by atoms with E-state index in [9.17, 15) is 0 Å². The van der Waals surface area contributed by atoms with Gasteiger partial charge >= 0.3 is 0 Å². The predicted octanol–water partition coefficient (Wildman–Crippen LogP) is 3.18. The molecule has 0 saturated heterocycles. The number of nitrogens with two attached hydrogens (primary N) is 3. The molecule has 2 aromatic carbocycles. The standard InChI is InChI=1S/C22H23ClN6/c23-19(21(25)17-10-5-2-6-11-17)18(20(24)16-8-3-1-4-9-16)22(26)27-13-15-29-14-7-12-28-29/h1-12,14H,13,15,24-25H2,(H2,26,27)/b20-18?,21-19+. The van der Waals surface area contributed by atoms with Crippen molar-refractivity contribution in [1.29, 1.82) is 0 Å². The van der Waals surface area contributed by atoms with Gasteiger partial charge in [0.15, 0.2) is 0 Å². The van der Waals surface area contributed by atoms with E-state index in [1.165, 1.54) is 0 Å². The van der Waals surface area contributed by atoms with Crippen LogP contribution in [0.4, 0.5) is 0 Å². The van der Waals surface area contributed by atoms with Crippen LogP contribution in [-0.2, 0) is 6.54 Å². The molecule has 0 fully saturated rings. The summed E-state index contributed by atoms with van der Waals surface area (Å²) >= 11 is 6.69. The molecule has 0 radical (unpaired) electrons. The monoisotopic (exact) mass is 406 g/mol. The summed E-state index contributed by atoms with van der Waals surface area (Å²) in [4.78, 5) is 4.46. The summed E-state index contributed by atoms with van der Waals surface area (Å²) in [6.45, 7) is 1.01. The largest absolute Gasteiger partial charge is 0.398 e. The molecule has 0 bridgehead atoms. The van der Waals surface area contributed by atoms with E-state index in [1.54, 1.807) is 10.9 Å². The molecule has 0 aliphatic heterocycles. The van der Waals surface area contributed by atoms with E-state index < -0.39 is 0 Å². The van der Waals surface area contributed by atoms with Crippen LogP contribution in [0, 0.1) is 0 Å². The van der Waals surface area contributed by atoms with Crippen LogP contribution in [0.15, 0.2) is 94.7 Å². The molecule has 3 aromatic rings. The molecule has 0 spiro atoms. The van der Waals surface area contributed by atoms with E-state index in [4.69, 9.17) is 28.8 Å². The molecule has 0 saturated carbocycles. The minimum atomic E-state index is 0.224. The molecule has 3 rings (SSSR count).